The summed E-state index contributed by atoms with van der Waals surface area (Å²) in [5, 5.41) is 0. The van der Waals surface area contributed by atoms with Gasteiger partial charge in [0.2, 0.25) is 0 Å². The van der Waals surface area contributed by atoms with Crippen molar-refractivity contribution in [2.45, 2.75) is 96.8 Å². The molecule has 0 aromatic heterocycles. The summed E-state index contributed by atoms with van der Waals surface area (Å²) in [5.74, 6) is 0. The summed E-state index contributed by atoms with van der Waals surface area (Å²) in [7, 11) is 0. The second-order valence-corrected chi connectivity index (χ2v) is 6.08. The molecule has 0 saturated carbocycles. The van der Waals surface area contributed by atoms with Gasteiger partial charge in [0.05, 0.1) is 0 Å². The maximum atomic E-state index is 3.65. The van der Waals surface area contributed by atoms with Crippen LogP contribution in [0, 0.1) is 0 Å². The van der Waals surface area contributed by atoms with Gasteiger partial charge < -0.3 is 0 Å². The summed E-state index contributed by atoms with van der Waals surface area (Å²) in [6.45, 7) is 5.94. The summed E-state index contributed by atoms with van der Waals surface area (Å²) in [4.78, 5) is 0. The topological polar surface area (TPSA) is 0 Å². The molecule has 0 bridgehead atoms. The molecule has 0 radical (unpaired) electrons. The standard InChI is InChI=1S/C21H38/c1-3-5-7-9-11-13-15-17-19-21-20-18-16-14-12-10-8-6-4-2/h3,5,7,9,11H,1,4,6,8,10,12-21H2,2H3/b7-5+,11-9+. The van der Waals surface area contributed by atoms with Crippen LogP contribution in [0.2, 0.25) is 0 Å². The van der Waals surface area contributed by atoms with Gasteiger partial charge in [-0.15, -0.1) is 0 Å². The molecule has 0 aliphatic heterocycles. The predicted molar refractivity (Wildman–Crippen MR) is 98.8 cm³/mol. The Morgan fingerprint density at radius 3 is 1.52 bits per heavy atom. The highest BCUT2D eigenvalue weighted by Gasteiger charge is 1.93. The van der Waals surface area contributed by atoms with E-state index in [2.05, 4.69) is 31.7 Å². The molecule has 0 rings (SSSR count). The van der Waals surface area contributed by atoms with Gasteiger partial charge in [-0.3, -0.25) is 0 Å². The van der Waals surface area contributed by atoms with Crippen molar-refractivity contribution in [3.63, 3.8) is 0 Å². The molecular formula is C21H38. The van der Waals surface area contributed by atoms with Crippen molar-refractivity contribution in [1.82, 2.24) is 0 Å². The zero-order chi connectivity index (χ0) is 15.4. The first-order valence-electron chi connectivity index (χ1n) is 9.36. The average molecular weight is 291 g/mol. The van der Waals surface area contributed by atoms with Gasteiger partial charge in [-0.05, 0) is 12.8 Å². The molecule has 0 unspecified atom stereocenters. The van der Waals surface area contributed by atoms with Crippen molar-refractivity contribution >= 4 is 0 Å². The molecule has 0 aliphatic carbocycles. The SMILES string of the molecule is C=C/C=C/C=C/CCCCCCCCCCCCCCC. The van der Waals surface area contributed by atoms with Gasteiger partial charge >= 0.3 is 0 Å². The lowest BCUT2D eigenvalue weighted by Gasteiger charge is -2.02. The first-order chi connectivity index (χ1) is 10.4. The molecule has 0 atom stereocenters. The molecule has 21 heavy (non-hydrogen) atoms. The molecular weight excluding hydrogens is 252 g/mol. The number of allylic oxidation sites excluding steroid dienone is 5. The molecule has 0 aromatic carbocycles. The van der Waals surface area contributed by atoms with E-state index in [9.17, 15) is 0 Å². The first-order valence-corrected chi connectivity index (χ1v) is 9.36. The third-order valence-electron chi connectivity index (χ3n) is 3.97. The minimum Gasteiger partial charge on any atom is -0.0991 e. The maximum absolute atomic E-state index is 3.65. The van der Waals surface area contributed by atoms with Crippen LogP contribution in [0.1, 0.15) is 96.8 Å². The molecule has 0 spiro atoms. The van der Waals surface area contributed by atoms with Crippen LogP contribution in [0.25, 0.3) is 0 Å². The van der Waals surface area contributed by atoms with Gasteiger partial charge in [0.25, 0.3) is 0 Å². The zero-order valence-corrected chi connectivity index (χ0v) is 14.5. The first kappa shape index (κ1) is 20.2. The Hall–Kier alpha value is -0.780. The van der Waals surface area contributed by atoms with Crippen molar-refractivity contribution < 1.29 is 0 Å². The Morgan fingerprint density at radius 1 is 0.571 bits per heavy atom. The number of rotatable bonds is 16. The second-order valence-electron chi connectivity index (χ2n) is 6.08. The Kier molecular flexibility index (Phi) is 18.5. The lowest BCUT2D eigenvalue weighted by molar-refractivity contribution is 0.540. The Balaban J connectivity index is 3.04. The molecule has 0 fully saturated rings. The van der Waals surface area contributed by atoms with Gasteiger partial charge in [0.15, 0.2) is 0 Å². The lowest BCUT2D eigenvalue weighted by Crippen LogP contribution is -1.82. The van der Waals surface area contributed by atoms with E-state index in [1.165, 1.54) is 89.9 Å². The van der Waals surface area contributed by atoms with Crippen molar-refractivity contribution in [1.29, 1.82) is 0 Å². The highest BCUT2D eigenvalue weighted by atomic mass is 14.0. The summed E-state index contributed by atoms with van der Waals surface area (Å²) in [6, 6.07) is 0. The highest BCUT2D eigenvalue weighted by Crippen LogP contribution is 2.12. The molecule has 0 nitrogen and oxygen atoms in total. The molecule has 0 amide bonds. The maximum Gasteiger partial charge on any atom is -0.0348 e. The van der Waals surface area contributed by atoms with E-state index in [1.807, 2.05) is 12.2 Å². The molecule has 0 saturated heterocycles. The van der Waals surface area contributed by atoms with Crippen molar-refractivity contribution in [2.24, 2.45) is 0 Å². The number of unbranched alkanes of at least 4 members (excludes halogenated alkanes) is 13. The second kappa shape index (κ2) is 19.2. The molecule has 0 heterocycles. The molecule has 0 heteroatoms. The van der Waals surface area contributed by atoms with E-state index >= 15 is 0 Å². The van der Waals surface area contributed by atoms with E-state index in [0.29, 0.717) is 0 Å². The quantitative estimate of drug-likeness (QED) is 0.201. The summed E-state index contributed by atoms with van der Waals surface area (Å²) in [6.07, 6.45) is 30.1. The Bertz CT molecular complexity index is 247. The smallest absolute Gasteiger partial charge is 0.0348 e. The third-order valence-corrected chi connectivity index (χ3v) is 3.97. The Labute approximate surface area is 134 Å². The monoisotopic (exact) mass is 290 g/mol. The van der Waals surface area contributed by atoms with Crippen LogP contribution < -0.4 is 0 Å². The minimum absolute atomic E-state index is 1.22. The van der Waals surface area contributed by atoms with Gasteiger partial charge in [-0.2, -0.15) is 0 Å². The van der Waals surface area contributed by atoms with Gasteiger partial charge in [0.1, 0.15) is 0 Å². The van der Waals surface area contributed by atoms with Crippen LogP contribution in [0.3, 0.4) is 0 Å². The van der Waals surface area contributed by atoms with Crippen molar-refractivity contribution in [3.05, 3.63) is 37.0 Å². The van der Waals surface area contributed by atoms with Crippen LogP contribution >= 0.6 is 0 Å². The zero-order valence-electron chi connectivity index (χ0n) is 14.5. The summed E-state index contributed by atoms with van der Waals surface area (Å²) >= 11 is 0. The fourth-order valence-electron chi connectivity index (χ4n) is 2.60. The fraction of sp³-hybridized carbons (Fsp3) is 0.714. The summed E-state index contributed by atoms with van der Waals surface area (Å²) in [5.41, 5.74) is 0. The lowest BCUT2D eigenvalue weighted by atomic mass is 10.0. The highest BCUT2D eigenvalue weighted by molar-refractivity contribution is 5.08. The van der Waals surface area contributed by atoms with E-state index in [-0.39, 0.29) is 0 Å². The normalized spacial score (nSPS) is 11.7. The molecule has 0 aromatic rings. The largest absolute Gasteiger partial charge is 0.0991 e. The van der Waals surface area contributed by atoms with Crippen molar-refractivity contribution in [2.75, 3.05) is 0 Å². The van der Waals surface area contributed by atoms with Crippen LogP contribution in [0.15, 0.2) is 37.0 Å². The van der Waals surface area contributed by atoms with Crippen LogP contribution in [0.5, 0.6) is 0 Å². The van der Waals surface area contributed by atoms with Crippen LogP contribution in [-0.4, -0.2) is 0 Å². The van der Waals surface area contributed by atoms with E-state index in [4.69, 9.17) is 0 Å². The van der Waals surface area contributed by atoms with E-state index in [1.54, 1.807) is 0 Å². The average Bonchev–Trinajstić information content (AvgIpc) is 2.50. The van der Waals surface area contributed by atoms with Gasteiger partial charge in [-0.25, -0.2) is 0 Å². The number of hydrogen-bond donors (Lipinski definition) is 0. The predicted octanol–water partition coefficient (Wildman–Crippen LogP) is 7.77. The molecule has 0 aliphatic rings. The third kappa shape index (κ3) is 19.2. The Morgan fingerprint density at radius 2 is 1.05 bits per heavy atom. The van der Waals surface area contributed by atoms with Crippen molar-refractivity contribution in [3.8, 4) is 0 Å². The number of hydrogen-bond acceptors (Lipinski definition) is 0. The van der Waals surface area contributed by atoms with Crippen LogP contribution in [-0.2, 0) is 0 Å². The van der Waals surface area contributed by atoms with E-state index < -0.39 is 0 Å². The van der Waals surface area contributed by atoms with E-state index in [0.717, 1.165) is 0 Å². The fourth-order valence-corrected chi connectivity index (χ4v) is 2.60. The van der Waals surface area contributed by atoms with Crippen LogP contribution in [0.4, 0.5) is 0 Å². The molecule has 0 N–H and O–H groups in total. The minimum atomic E-state index is 1.22. The molecule has 122 valence electrons. The van der Waals surface area contributed by atoms with Gasteiger partial charge in [-0.1, -0.05) is 121 Å². The summed E-state index contributed by atoms with van der Waals surface area (Å²) < 4.78 is 0. The van der Waals surface area contributed by atoms with Gasteiger partial charge in [0, 0.05) is 0 Å².